The van der Waals surface area contributed by atoms with E-state index in [1.165, 1.54) is 0 Å². The van der Waals surface area contributed by atoms with Gasteiger partial charge in [-0.2, -0.15) is 0 Å². The lowest BCUT2D eigenvalue weighted by Crippen LogP contribution is -2.11. The highest BCUT2D eigenvalue weighted by molar-refractivity contribution is 6.29. The number of hydrogen-bond acceptors (Lipinski definition) is 2. The highest BCUT2D eigenvalue weighted by atomic mass is 35.5. The molecule has 1 aromatic rings. The summed E-state index contributed by atoms with van der Waals surface area (Å²) in [5.41, 5.74) is 7.08. The fourth-order valence-corrected chi connectivity index (χ4v) is 1.40. The molecule has 0 aliphatic rings. The maximum Gasteiger partial charge on any atom is 0.129 e. The fourth-order valence-electron chi connectivity index (χ4n) is 1.29. The first-order valence-electron chi connectivity index (χ1n) is 4.96. The second-order valence-corrected chi connectivity index (χ2v) is 4.38. The van der Waals surface area contributed by atoms with Crippen molar-refractivity contribution in [2.75, 3.05) is 0 Å². The van der Waals surface area contributed by atoms with Gasteiger partial charge < -0.3 is 5.73 Å². The first kappa shape index (κ1) is 11.5. The summed E-state index contributed by atoms with van der Waals surface area (Å²) >= 11 is 5.69. The first-order valence-corrected chi connectivity index (χ1v) is 5.34. The molecule has 1 aromatic heterocycles. The molecule has 0 bridgehead atoms. The van der Waals surface area contributed by atoms with Crippen molar-refractivity contribution in [2.24, 2.45) is 11.7 Å². The molecule has 0 amide bonds. The molecule has 0 aliphatic heterocycles. The molecule has 0 aromatic carbocycles. The van der Waals surface area contributed by atoms with E-state index in [0.29, 0.717) is 11.1 Å². The summed E-state index contributed by atoms with van der Waals surface area (Å²) in [5.74, 6) is 0.696. The zero-order valence-corrected chi connectivity index (χ0v) is 9.46. The number of rotatable bonds is 4. The average Bonchev–Trinajstić information content (AvgIpc) is 2.15. The van der Waals surface area contributed by atoms with Crippen molar-refractivity contribution < 1.29 is 0 Å². The van der Waals surface area contributed by atoms with Crippen molar-refractivity contribution in [2.45, 2.75) is 32.7 Å². The third-order valence-electron chi connectivity index (χ3n) is 2.23. The summed E-state index contributed by atoms with van der Waals surface area (Å²) < 4.78 is 0. The van der Waals surface area contributed by atoms with Crippen molar-refractivity contribution >= 4 is 11.6 Å². The molecule has 0 aliphatic carbocycles. The van der Waals surface area contributed by atoms with Crippen LogP contribution < -0.4 is 5.73 Å². The van der Waals surface area contributed by atoms with Crippen molar-refractivity contribution in [3.8, 4) is 0 Å². The van der Waals surface area contributed by atoms with Gasteiger partial charge in [0.05, 0.1) is 0 Å². The van der Waals surface area contributed by atoms with E-state index in [4.69, 9.17) is 17.3 Å². The SMILES string of the molecule is CC(C)CC[C@@H](N)c1ccc(Cl)nc1. The van der Waals surface area contributed by atoms with Gasteiger partial charge in [0.25, 0.3) is 0 Å². The highest BCUT2D eigenvalue weighted by Crippen LogP contribution is 2.18. The normalized spacial score (nSPS) is 13.2. The van der Waals surface area contributed by atoms with Crippen LogP contribution in [0.15, 0.2) is 18.3 Å². The van der Waals surface area contributed by atoms with E-state index in [2.05, 4.69) is 18.8 Å². The van der Waals surface area contributed by atoms with Gasteiger partial charge in [-0.1, -0.05) is 31.5 Å². The zero-order valence-electron chi connectivity index (χ0n) is 8.70. The van der Waals surface area contributed by atoms with Gasteiger partial charge in [-0.05, 0) is 30.4 Å². The number of nitrogens with two attached hydrogens (primary N) is 1. The van der Waals surface area contributed by atoms with Gasteiger partial charge in [0.15, 0.2) is 0 Å². The van der Waals surface area contributed by atoms with Gasteiger partial charge >= 0.3 is 0 Å². The molecule has 0 fully saturated rings. The molecular formula is C11H17ClN2. The summed E-state index contributed by atoms with van der Waals surface area (Å²) in [7, 11) is 0. The lowest BCUT2D eigenvalue weighted by molar-refractivity contribution is 0.506. The van der Waals surface area contributed by atoms with Crippen LogP contribution in [0, 0.1) is 5.92 Å². The van der Waals surface area contributed by atoms with Crippen molar-refractivity contribution in [3.63, 3.8) is 0 Å². The number of pyridine rings is 1. The minimum Gasteiger partial charge on any atom is -0.324 e. The van der Waals surface area contributed by atoms with E-state index >= 15 is 0 Å². The monoisotopic (exact) mass is 212 g/mol. The van der Waals surface area contributed by atoms with E-state index in [1.54, 1.807) is 12.3 Å². The lowest BCUT2D eigenvalue weighted by atomic mass is 10.00. The second-order valence-electron chi connectivity index (χ2n) is 3.99. The van der Waals surface area contributed by atoms with Gasteiger partial charge in [0, 0.05) is 12.2 Å². The zero-order chi connectivity index (χ0) is 10.6. The minimum atomic E-state index is 0.0853. The number of halogens is 1. The van der Waals surface area contributed by atoms with Gasteiger partial charge in [-0.3, -0.25) is 0 Å². The Kier molecular flexibility index (Phi) is 4.36. The predicted octanol–water partition coefficient (Wildman–Crippen LogP) is 3.17. The molecule has 78 valence electrons. The van der Waals surface area contributed by atoms with Crippen LogP contribution in [0.1, 0.15) is 38.3 Å². The fraction of sp³-hybridized carbons (Fsp3) is 0.545. The molecule has 0 unspecified atom stereocenters. The van der Waals surface area contributed by atoms with Crippen LogP contribution in [-0.2, 0) is 0 Å². The summed E-state index contributed by atoms with van der Waals surface area (Å²) in [6.07, 6.45) is 3.90. The van der Waals surface area contributed by atoms with Gasteiger partial charge in [-0.15, -0.1) is 0 Å². The Balaban J connectivity index is 2.52. The molecule has 1 atom stereocenters. The van der Waals surface area contributed by atoms with Gasteiger partial charge in [0.1, 0.15) is 5.15 Å². The first-order chi connectivity index (χ1) is 6.59. The highest BCUT2D eigenvalue weighted by Gasteiger charge is 2.07. The Morgan fingerprint density at radius 3 is 2.57 bits per heavy atom. The third kappa shape index (κ3) is 3.64. The maximum absolute atomic E-state index is 6.01. The van der Waals surface area contributed by atoms with E-state index in [1.807, 2.05) is 6.07 Å². The van der Waals surface area contributed by atoms with Crippen LogP contribution in [-0.4, -0.2) is 4.98 Å². The number of hydrogen-bond donors (Lipinski definition) is 1. The third-order valence-corrected chi connectivity index (χ3v) is 2.46. The summed E-state index contributed by atoms with van der Waals surface area (Å²) in [5, 5.41) is 0.518. The molecule has 1 heterocycles. The Hall–Kier alpha value is -0.600. The molecule has 0 saturated heterocycles. The van der Waals surface area contributed by atoms with Crippen molar-refractivity contribution in [1.29, 1.82) is 0 Å². The minimum absolute atomic E-state index is 0.0853. The molecule has 3 heteroatoms. The maximum atomic E-state index is 6.01. The molecule has 0 spiro atoms. The second kappa shape index (κ2) is 5.32. The molecule has 0 saturated carbocycles. The molecule has 14 heavy (non-hydrogen) atoms. The Morgan fingerprint density at radius 1 is 1.36 bits per heavy atom. The standard InChI is InChI=1S/C11H17ClN2/c1-8(2)3-5-10(13)9-4-6-11(12)14-7-9/h4,6-8,10H,3,5,13H2,1-2H3/t10-/m1/s1. The lowest BCUT2D eigenvalue weighted by Gasteiger charge is -2.12. The van der Waals surface area contributed by atoms with Gasteiger partial charge in [0.2, 0.25) is 0 Å². The predicted molar refractivity (Wildman–Crippen MR) is 60.2 cm³/mol. The topological polar surface area (TPSA) is 38.9 Å². The van der Waals surface area contributed by atoms with E-state index in [-0.39, 0.29) is 6.04 Å². The molecule has 1 rings (SSSR count). The van der Waals surface area contributed by atoms with Crippen LogP contribution in [0.5, 0.6) is 0 Å². The van der Waals surface area contributed by atoms with E-state index in [0.717, 1.165) is 18.4 Å². The Morgan fingerprint density at radius 2 is 2.07 bits per heavy atom. The van der Waals surface area contributed by atoms with Gasteiger partial charge in [-0.25, -0.2) is 4.98 Å². The average molecular weight is 213 g/mol. The molecule has 2 nitrogen and oxygen atoms in total. The molecule has 2 N–H and O–H groups in total. The number of aromatic nitrogens is 1. The molecular weight excluding hydrogens is 196 g/mol. The van der Waals surface area contributed by atoms with E-state index in [9.17, 15) is 0 Å². The summed E-state index contributed by atoms with van der Waals surface area (Å²) in [4.78, 5) is 4.01. The van der Waals surface area contributed by atoms with Crippen LogP contribution in [0.3, 0.4) is 0 Å². The van der Waals surface area contributed by atoms with Crippen LogP contribution in [0.4, 0.5) is 0 Å². The van der Waals surface area contributed by atoms with Crippen LogP contribution in [0.2, 0.25) is 5.15 Å². The number of nitrogens with zero attached hydrogens (tertiary/aromatic N) is 1. The summed E-state index contributed by atoms with van der Waals surface area (Å²) in [6, 6.07) is 3.81. The largest absolute Gasteiger partial charge is 0.324 e. The Labute approximate surface area is 90.5 Å². The summed E-state index contributed by atoms with van der Waals surface area (Å²) in [6.45, 7) is 4.40. The van der Waals surface area contributed by atoms with Crippen LogP contribution in [0.25, 0.3) is 0 Å². The van der Waals surface area contributed by atoms with Crippen LogP contribution >= 0.6 is 11.6 Å². The quantitative estimate of drug-likeness (QED) is 0.779. The smallest absolute Gasteiger partial charge is 0.129 e. The van der Waals surface area contributed by atoms with E-state index < -0.39 is 0 Å². The van der Waals surface area contributed by atoms with Crippen molar-refractivity contribution in [1.82, 2.24) is 4.98 Å². The molecule has 0 radical (unpaired) electrons. The van der Waals surface area contributed by atoms with Crippen molar-refractivity contribution in [3.05, 3.63) is 29.0 Å². The Bertz CT molecular complexity index is 269.